The lowest BCUT2D eigenvalue weighted by Crippen LogP contribution is -2.37. The number of rotatable bonds is 5. The van der Waals surface area contributed by atoms with E-state index in [9.17, 15) is 0 Å². The molecule has 1 fully saturated rings. The SMILES string of the molecule is CCNCC1(c2ccc(OC)cc2)CCCCCC1. The Morgan fingerprint density at radius 3 is 2.21 bits per heavy atom. The molecule has 1 aliphatic carbocycles. The van der Waals surface area contributed by atoms with Crippen LogP contribution >= 0.6 is 0 Å². The number of nitrogens with one attached hydrogen (secondary N) is 1. The Hall–Kier alpha value is -1.02. The first kappa shape index (κ1) is 14.4. The minimum atomic E-state index is 0.332. The van der Waals surface area contributed by atoms with Gasteiger partial charge in [-0.2, -0.15) is 0 Å². The summed E-state index contributed by atoms with van der Waals surface area (Å²) in [6, 6.07) is 8.74. The molecule has 19 heavy (non-hydrogen) atoms. The van der Waals surface area contributed by atoms with Gasteiger partial charge in [0.1, 0.15) is 5.75 Å². The van der Waals surface area contributed by atoms with Crippen LogP contribution in [0, 0.1) is 0 Å². The van der Waals surface area contributed by atoms with Crippen LogP contribution in [0.4, 0.5) is 0 Å². The monoisotopic (exact) mass is 261 g/mol. The minimum Gasteiger partial charge on any atom is -0.497 e. The van der Waals surface area contributed by atoms with Gasteiger partial charge < -0.3 is 10.1 Å². The van der Waals surface area contributed by atoms with E-state index < -0.39 is 0 Å². The van der Waals surface area contributed by atoms with Gasteiger partial charge in [0.15, 0.2) is 0 Å². The molecule has 2 heteroatoms. The molecule has 0 aromatic heterocycles. The zero-order chi connectivity index (χ0) is 13.6. The van der Waals surface area contributed by atoms with Crippen LogP contribution in [0.5, 0.6) is 5.75 Å². The van der Waals surface area contributed by atoms with Crippen molar-refractivity contribution in [1.29, 1.82) is 0 Å². The van der Waals surface area contributed by atoms with E-state index in [4.69, 9.17) is 4.74 Å². The van der Waals surface area contributed by atoms with Crippen molar-refractivity contribution in [3.8, 4) is 5.75 Å². The predicted molar refractivity (Wildman–Crippen MR) is 80.9 cm³/mol. The van der Waals surface area contributed by atoms with Crippen LogP contribution in [0.1, 0.15) is 51.0 Å². The number of methoxy groups -OCH3 is 1. The van der Waals surface area contributed by atoms with Gasteiger partial charge in [0, 0.05) is 12.0 Å². The highest BCUT2D eigenvalue weighted by molar-refractivity contribution is 5.33. The van der Waals surface area contributed by atoms with E-state index in [1.807, 2.05) is 0 Å². The zero-order valence-electron chi connectivity index (χ0n) is 12.4. The van der Waals surface area contributed by atoms with Gasteiger partial charge in [0.2, 0.25) is 0 Å². The Morgan fingerprint density at radius 1 is 1.05 bits per heavy atom. The third-order valence-electron chi connectivity index (χ3n) is 4.48. The van der Waals surface area contributed by atoms with Crippen molar-refractivity contribution in [2.45, 2.75) is 50.9 Å². The average molecular weight is 261 g/mol. The first-order valence-corrected chi connectivity index (χ1v) is 7.66. The molecule has 1 saturated carbocycles. The molecule has 2 nitrogen and oxygen atoms in total. The summed E-state index contributed by atoms with van der Waals surface area (Å²) >= 11 is 0. The summed E-state index contributed by atoms with van der Waals surface area (Å²) in [7, 11) is 1.73. The molecule has 1 aromatic rings. The van der Waals surface area contributed by atoms with Crippen molar-refractivity contribution in [1.82, 2.24) is 5.32 Å². The molecule has 106 valence electrons. The Labute approximate surface area is 117 Å². The van der Waals surface area contributed by atoms with Gasteiger partial charge in [0.25, 0.3) is 0 Å². The summed E-state index contributed by atoms with van der Waals surface area (Å²) in [6.45, 7) is 4.35. The summed E-state index contributed by atoms with van der Waals surface area (Å²) in [6.07, 6.45) is 8.13. The molecule has 0 aliphatic heterocycles. The number of hydrogen-bond acceptors (Lipinski definition) is 2. The highest BCUT2D eigenvalue weighted by Crippen LogP contribution is 2.38. The second kappa shape index (κ2) is 6.95. The van der Waals surface area contributed by atoms with Crippen molar-refractivity contribution >= 4 is 0 Å². The molecule has 0 amide bonds. The normalized spacial score (nSPS) is 18.8. The van der Waals surface area contributed by atoms with Gasteiger partial charge in [-0.1, -0.05) is 44.7 Å². The van der Waals surface area contributed by atoms with Crippen LogP contribution in [-0.4, -0.2) is 20.2 Å². The van der Waals surface area contributed by atoms with Gasteiger partial charge >= 0.3 is 0 Å². The van der Waals surface area contributed by atoms with E-state index >= 15 is 0 Å². The van der Waals surface area contributed by atoms with Gasteiger partial charge in [0.05, 0.1) is 7.11 Å². The molecule has 1 aliphatic rings. The lowest BCUT2D eigenvalue weighted by molar-refractivity contribution is 0.349. The van der Waals surface area contributed by atoms with Crippen LogP contribution in [-0.2, 0) is 5.41 Å². The van der Waals surface area contributed by atoms with E-state index in [2.05, 4.69) is 36.5 Å². The molecule has 1 aromatic carbocycles. The summed E-state index contributed by atoms with van der Waals surface area (Å²) in [4.78, 5) is 0. The number of ether oxygens (including phenoxy) is 1. The maximum absolute atomic E-state index is 5.28. The highest BCUT2D eigenvalue weighted by atomic mass is 16.5. The van der Waals surface area contributed by atoms with Crippen molar-refractivity contribution in [2.75, 3.05) is 20.2 Å². The summed E-state index contributed by atoms with van der Waals surface area (Å²) in [5, 5.41) is 3.58. The Morgan fingerprint density at radius 2 is 1.68 bits per heavy atom. The molecule has 0 saturated heterocycles. The van der Waals surface area contributed by atoms with Crippen molar-refractivity contribution in [2.24, 2.45) is 0 Å². The van der Waals surface area contributed by atoms with Crippen LogP contribution < -0.4 is 10.1 Å². The molecule has 2 rings (SSSR count). The number of benzene rings is 1. The molecule has 0 unspecified atom stereocenters. The van der Waals surface area contributed by atoms with Crippen molar-refractivity contribution in [3.05, 3.63) is 29.8 Å². The van der Waals surface area contributed by atoms with Gasteiger partial charge in [-0.05, 0) is 37.1 Å². The Bertz CT molecular complexity index is 363. The van der Waals surface area contributed by atoms with Crippen LogP contribution in [0.2, 0.25) is 0 Å². The van der Waals surface area contributed by atoms with Gasteiger partial charge in [-0.3, -0.25) is 0 Å². The molecule has 1 N–H and O–H groups in total. The fourth-order valence-electron chi connectivity index (χ4n) is 3.28. The molecule has 0 radical (unpaired) electrons. The predicted octanol–water partition coefficient (Wildman–Crippen LogP) is 3.90. The molecule has 0 spiro atoms. The van der Waals surface area contributed by atoms with Crippen LogP contribution in [0.15, 0.2) is 24.3 Å². The van der Waals surface area contributed by atoms with Crippen molar-refractivity contribution in [3.63, 3.8) is 0 Å². The standard InChI is InChI=1S/C17H27NO/c1-3-18-14-17(12-6-4-5-7-13-17)15-8-10-16(19-2)11-9-15/h8-11,18H,3-7,12-14H2,1-2H3. The van der Waals surface area contributed by atoms with Crippen LogP contribution in [0.3, 0.4) is 0 Å². The van der Waals surface area contributed by atoms with Gasteiger partial charge in [-0.15, -0.1) is 0 Å². The lowest BCUT2D eigenvalue weighted by atomic mass is 9.74. The largest absolute Gasteiger partial charge is 0.497 e. The molecular formula is C17H27NO. The second-order valence-electron chi connectivity index (χ2n) is 5.70. The van der Waals surface area contributed by atoms with Crippen molar-refractivity contribution < 1.29 is 4.74 Å². The van der Waals surface area contributed by atoms with E-state index in [0.717, 1.165) is 18.8 Å². The average Bonchev–Trinajstić information content (AvgIpc) is 2.72. The number of hydrogen-bond donors (Lipinski definition) is 1. The highest BCUT2D eigenvalue weighted by Gasteiger charge is 2.32. The summed E-state index contributed by atoms with van der Waals surface area (Å²) in [5.74, 6) is 0.955. The van der Waals surface area contributed by atoms with E-state index in [1.165, 1.54) is 44.1 Å². The first-order valence-electron chi connectivity index (χ1n) is 7.66. The fourth-order valence-corrected chi connectivity index (χ4v) is 3.28. The van der Waals surface area contributed by atoms with E-state index in [-0.39, 0.29) is 0 Å². The topological polar surface area (TPSA) is 21.3 Å². The maximum Gasteiger partial charge on any atom is 0.118 e. The smallest absolute Gasteiger partial charge is 0.118 e. The minimum absolute atomic E-state index is 0.332. The zero-order valence-corrected chi connectivity index (χ0v) is 12.4. The molecule has 0 atom stereocenters. The number of likely N-dealkylation sites (N-methyl/N-ethyl adjacent to an activating group) is 1. The van der Waals surface area contributed by atoms with Crippen LogP contribution in [0.25, 0.3) is 0 Å². The third-order valence-corrected chi connectivity index (χ3v) is 4.48. The fraction of sp³-hybridized carbons (Fsp3) is 0.647. The molecule has 0 heterocycles. The second-order valence-corrected chi connectivity index (χ2v) is 5.70. The Kier molecular flexibility index (Phi) is 5.26. The maximum atomic E-state index is 5.28. The molecule has 0 bridgehead atoms. The third kappa shape index (κ3) is 3.50. The van der Waals surface area contributed by atoms with E-state index in [0.29, 0.717) is 5.41 Å². The van der Waals surface area contributed by atoms with E-state index in [1.54, 1.807) is 7.11 Å². The van der Waals surface area contributed by atoms with Gasteiger partial charge in [-0.25, -0.2) is 0 Å². The quantitative estimate of drug-likeness (QED) is 0.812. The lowest BCUT2D eigenvalue weighted by Gasteiger charge is -2.34. The summed E-state index contributed by atoms with van der Waals surface area (Å²) in [5.41, 5.74) is 1.81. The first-order chi connectivity index (χ1) is 9.30. The summed E-state index contributed by atoms with van der Waals surface area (Å²) < 4.78 is 5.28. The Balaban J connectivity index is 2.23. The molecular weight excluding hydrogens is 234 g/mol.